The topological polar surface area (TPSA) is 9.23 Å². The summed E-state index contributed by atoms with van der Waals surface area (Å²) >= 11 is 0. The molecule has 2 aromatic rings. The molecule has 0 saturated heterocycles. The van der Waals surface area contributed by atoms with Crippen molar-refractivity contribution in [1.82, 2.24) is 0 Å². The van der Waals surface area contributed by atoms with Gasteiger partial charge in [0, 0.05) is 5.56 Å². The highest BCUT2D eigenvalue weighted by Crippen LogP contribution is 2.39. The largest absolute Gasteiger partial charge is 0.491 e. The molecule has 2 saturated carbocycles. The van der Waals surface area contributed by atoms with Crippen molar-refractivity contribution in [3.8, 4) is 5.75 Å². The molecule has 2 fully saturated rings. The van der Waals surface area contributed by atoms with Crippen LogP contribution >= 0.6 is 0 Å². The molecule has 2 aromatic carbocycles. The second-order valence-electron chi connectivity index (χ2n) is 11.0. The fourth-order valence-electron chi connectivity index (χ4n) is 5.90. The molecule has 4 heteroatoms. The third-order valence-electron chi connectivity index (χ3n) is 8.35. The van der Waals surface area contributed by atoms with Gasteiger partial charge in [0.15, 0.2) is 23.2 Å². The zero-order chi connectivity index (χ0) is 25.5. The van der Waals surface area contributed by atoms with Crippen LogP contribution in [0.4, 0.5) is 13.2 Å². The summed E-state index contributed by atoms with van der Waals surface area (Å²) in [5, 5.41) is 0. The van der Waals surface area contributed by atoms with Crippen molar-refractivity contribution < 1.29 is 17.9 Å². The Morgan fingerprint density at radius 2 is 1.56 bits per heavy atom. The van der Waals surface area contributed by atoms with Crippen molar-refractivity contribution in [2.24, 2.45) is 11.8 Å². The summed E-state index contributed by atoms with van der Waals surface area (Å²) in [6.07, 6.45) is 14.8. The van der Waals surface area contributed by atoms with E-state index in [4.69, 9.17) is 4.74 Å². The van der Waals surface area contributed by atoms with E-state index < -0.39 is 11.6 Å². The molecule has 0 atom stereocenters. The summed E-state index contributed by atoms with van der Waals surface area (Å²) in [4.78, 5) is 0. The summed E-state index contributed by atoms with van der Waals surface area (Å²) in [6.45, 7) is 4.91. The Hall–Kier alpha value is -2.23. The van der Waals surface area contributed by atoms with Gasteiger partial charge in [-0.3, -0.25) is 0 Å². The first-order valence-corrected chi connectivity index (χ1v) is 14.0. The Morgan fingerprint density at radius 1 is 0.833 bits per heavy atom. The van der Waals surface area contributed by atoms with Crippen LogP contribution in [0.1, 0.15) is 113 Å². The van der Waals surface area contributed by atoms with Gasteiger partial charge in [0.1, 0.15) is 0 Å². The Labute approximate surface area is 215 Å². The fourth-order valence-corrected chi connectivity index (χ4v) is 5.90. The maximum atomic E-state index is 14.9. The molecule has 196 valence electrons. The van der Waals surface area contributed by atoms with Crippen molar-refractivity contribution in [3.05, 3.63) is 70.5 Å². The Balaban J connectivity index is 1.30. The average molecular weight is 499 g/mol. The quantitative estimate of drug-likeness (QED) is 0.313. The van der Waals surface area contributed by atoms with E-state index in [9.17, 15) is 13.2 Å². The zero-order valence-corrected chi connectivity index (χ0v) is 21.9. The van der Waals surface area contributed by atoms with E-state index in [0.717, 1.165) is 76.2 Å². The van der Waals surface area contributed by atoms with E-state index in [1.165, 1.54) is 0 Å². The van der Waals surface area contributed by atoms with Crippen molar-refractivity contribution in [3.63, 3.8) is 0 Å². The molecule has 0 aromatic heterocycles. The van der Waals surface area contributed by atoms with E-state index >= 15 is 0 Å². The van der Waals surface area contributed by atoms with Crippen molar-refractivity contribution in [2.45, 2.75) is 96.3 Å². The monoisotopic (exact) mass is 498 g/mol. The van der Waals surface area contributed by atoms with Gasteiger partial charge in [-0.15, -0.1) is 0 Å². The highest BCUT2D eigenvalue weighted by Gasteiger charge is 2.25. The van der Waals surface area contributed by atoms with E-state index in [1.807, 2.05) is 12.1 Å². The summed E-state index contributed by atoms with van der Waals surface area (Å²) in [5.74, 6) is 0.136. The number of halogens is 3. The number of unbranched alkanes of at least 4 members (excludes halogenated alkanes) is 2. The van der Waals surface area contributed by atoms with Gasteiger partial charge in [0.05, 0.1) is 6.61 Å². The maximum Gasteiger partial charge on any atom is 0.166 e. The Kier molecular flexibility index (Phi) is 9.56. The van der Waals surface area contributed by atoms with Gasteiger partial charge in [0.2, 0.25) is 0 Å². The Bertz CT molecular complexity index is 1010. The standard InChI is InChI=1S/C32H41F3O/c1-3-4-5-20-36-30-19-17-27(21-29(30)33)24-13-8-23(9-14-24)10-15-26-16-18-28(32(35)31(26)34)25-11-6-22(2)7-12-25/h10,15-19,21-25H,3-9,11-14,20H2,1-2H3/b15-10+. The lowest BCUT2D eigenvalue weighted by molar-refractivity contribution is 0.291. The summed E-state index contributed by atoms with van der Waals surface area (Å²) in [7, 11) is 0. The third kappa shape index (κ3) is 6.75. The predicted octanol–water partition coefficient (Wildman–Crippen LogP) is 9.95. The first-order valence-electron chi connectivity index (χ1n) is 14.0. The van der Waals surface area contributed by atoms with Crippen LogP contribution in [0, 0.1) is 29.3 Å². The SMILES string of the molecule is CCCCCOc1ccc(C2CCC(/C=C/c3ccc(C4CCC(C)CC4)c(F)c3F)CC2)cc1F. The molecule has 0 aliphatic heterocycles. The first kappa shape index (κ1) is 26.8. The van der Waals surface area contributed by atoms with Gasteiger partial charge in [-0.2, -0.15) is 0 Å². The number of hydrogen-bond acceptors (Lipinski definition) is 1. The van der Waals surface area contributed by atoms with Crippen LogP contribution in [0.2, 0.25) is 0 Å². The van der Waals surface area contributed by atoms with Crippen molar-refractivity contribution >= 4 is 6.08 Å². The van der Waals surface area contributed by atoms with Crippen molar-refractivity contribution in [1.29, 1.82) is 0 Å². The molecule has 36 heavy (non-hydrogen) atoms. The number of allylic oxidation sites excluding steroid dienone is 1. The third-order valence-corrected chi connectivity index (χ3v) is 8.35. The van der Waals surface area contributed by atoms with E-state index in [0.29, 0.717) is 41.2 Å². The highest BCUT2D eigenvalue weighted by atomic mass is 19.2. The van der Waals surface area contributed by atoms with Crippen LogP contribution in [0.3, 0.4) is 0 Å². The lowest BCUT2D eigenvalue weighted by Crippen LogP contribution is -2.13. The van der Waals surface area contributed by atoms with Crippen LogP contribution < -0.4 is 4.74 Å². The minimum atomic E-state index is -0.719. The molecule has 0 radical (unpaired) electrons. The van der Waals surface area contributed by atoms with E-state index in [2.05, 4.69) is 13.8 Å². The first-order chi connectivity index (χ1) is 17.5. The summed E-state index contributed by atoms with van der Waals surface area (Å²) < 4.78 is 49.8. The van der Waals surface area contributed by atoms with Gasteiger partial charge >= 0.3 is 0 Å². The Morgan fingerprint density at radius 3 is 2.25 bits per heavy atom. The number of hydrogen-bond donors (Lipinski definition) is 0. The average Bonchev–Trinajstić information content (AvgIpc) is 2.89. The molecule has 0 heterocycles. The molecular weight excluding hydrogens is 457 g/mol. The molecule has 0 spiro atoms. The molecule has 0 N–H and O–H groups in total. The molecule has 2 aliphatic carbocycles. The van der Waals surface area contributed by atoms with Crippen molar-refractivity contribution in [2.75, 3.05) is 6.61 Å². The normalized spacial score (nSPS) is 24.8. The summed E-state index contributed by atoms with van der Waals surface area (Å²) in [5.41, 5.74) is 1.90. The number of rotatable bonds is 9. The molecule has 0 bridgehead atoms. The van der Waals surface area contributed by atoms with Crippen LogP contribution in [0.25, 0.3) is 6.08 Å². The minimum absolute atomic E-state index is 0.135. The predicted molar refractivity (Wildman–Crippen MR) is 142 cm³/mol. The van der Waals surface area contributed by atoms with Gasteiger partial charge < -0.3 is 4.74 Å². The van der Waals surface area contributed by atoms with Crippen LogP contribution in [-0.2, 0) is 0 Å². The van der Waals surface area contributed by atoms with Crippen LogP contribution in [0.5, 0.6) is 5.75 Å². The maximum absolute atomic E-state index is 14.9. The molecular formula is C32H41F3O. The number of ether oxygens (including phenoxy) is 1. The second-order valence-corrected chi connectivity index (χ2v) is 11.0. The second kappa shape index (κ2) is 12.8. The van der Waals surface area contributed by atoms with Crippen LogP contribution in [0.15, 0.2) is 36.4 Å². The fraction of sp³-hybridized carbons (Fsp3) is 0.562. The van der Waals surface area contributed by atoms with E-state index in [-0.39, 0.29) is 11.7 Å². The number of benzene rings is 2. The molecule has 0 unspecified atom stereocenters. The molecule has 2 aliphatic rings. The zero-order valence-electron chi connectivity index (χ0n) is 21.9. The van der Waals surface area contributed by atoms with Gasteiger partial charge in [-0.1, -0.05) is 69.9 Å². The highest BCUT2D eigenvalue weighted by molar-refractivity contribution is 5.52. The molecule has 1 nitrogen and oxygen atoms in total. The summed E-state index contributed by atoms with van der Waals surface area (Å²) in [6, 6.07) is 8.91. The van der Waals surface area contributed by atoms with Gasteiger partial charge in [-0.25, -0.2) is 13.2 Å². The lowest BCUT2D eigenvalue weighted by Gasteiger charge is -2.27. The van der Waals surface area contributed by atoms with Crippen LogP contribution in [-0.4, -0.2) is 6.61 Å². The lowest BCUT2D eigenvalue weighted by atomic mass is 9.78. The van der Waals surface area contributed by atoms with Gasteiger partial charge in [-0.05, 0) is 91.9 Å². The molecule has 0 amide bonds. The van der Waals surface area contributed by atoms with E-state index in [1.54, 1.807) is 30.3 Å². The minimum Gasteiger partial charge on any atom is -0.491 e. The smallest absolute Gasteiger partial charge is 0.166 e. The van der Waals surface area contributed by atoms with Gasteiger partial charge in [0.25, 0.3) is 0 Å². The molecule has 4 rings (SSSR count).